The Kier molecular flexibility index (Phi) is 8.03. The van der Waals surface area contributed by atoms with Crippen molar-refractivity contribution in [2.45, 2.75) is 56.3 Å². The Morgan fingerprint density at radius 3 is 2.68 bits per heavy atom. The van der Waals surface area contributed by atoms with Crippen molar-refractivity contribution >= 4 is 29.4 Å². The molecule has 12 heteroatoms. The Labute approximate surface area is 238 Å². The van der Waals surface area contributed by atoms with Gasteiger partial charge in [-0.05, 0) is 64.7 Å². The van der Waals surface area contributed by atoms with Crippen LogP contribution in [0, 0.1) is 29.6 Å². The quantitative estimate of drug-likeness (QED) is 0.348. The number of imide groups is 1. The summed E-state index contributed by atoms with van der Waals surface area (Å²) in [5.74, 6) is 3.81. The van der Waals surface area contributed by atoms with Crippen LogP contribution in [0.5, 0.6) is 0 Å². The molecule has 0 radical (unpaired) electrons. The van der Waals surface area contributed by atoms with E-state index in [1.807, 2.05) is 7.05 Å². The molecule has 1 saturated carbocycles. The second-order valence-corrected chi connectivity index (χ2v) is 11.9. The van der Waals surface area contributed by atoms with Crippen molar-refractivity contribution in [1.29, 1.82) is 0 Å². The van der Waals surface area contributed by atoms with Crippen molar-refractivity contribution in [3.8, 4) is 11.8 Å². The van der Waals surface area contributed by atoms with E-state index in [0.717, 1.165) is 25.9 Å². The normalized spacial score (nSPS) is 32.1. The number of hydrogen-bond donors (Lipinski definition) is 3. The van der Waals surface area contributed by atoms with Gasteiger partial charge in [0.25, 0.3) is 5.91 Å². The van der Waals surface area contributed by atoms with Gasteiger partial charge in [0.2, 0.25) is 11.8 Å². The van der Waals surface area contributed by atoms with Gasteiger partial charge in [-0.2, -0.15) is 0 Å². The lowest BCUT2D eigenvalue weighted by atomic mass is 9.72. The number of piperidine rings is 1. The lowest BCUT2D eigenvalue weighted by Crippen LogP contribution is -2.51. The number of likely N-dealkylation sites (tertiary alicyclic amines) is 2. The van der Waals surface area contributed by atoms with Crippen LogP contribution in [0.4, 0.5) is 14.9 Å². The van der Waals surface area contributed by atoms with E-state index in [1.165, 1.54) is 19.5 Å². The van der Waals surface area contributed by atoms with E-state index in [1.54, 1.807) is 17.9 Å². The van der Waals surface area contributed by atoms with Crippen LogP contribution in [-0.2, 0) is 19.1 Å². The van der Waals surface area contributed by atoms with Crippen LogP contribution in [0.2, 0.25) is 0 Å². The van der Waals surface area contributed by atoms with Gasteiger partial charge in [0.05, 0.1) is 23.4 Å². The summed E-state index contributed by atoms with van der Waals surface area (Å²) in [4.78, 5) is 58.9. The zero-order chi connectivity index (χ0) is 29.4. The molecule has 220 valence electrons. The van der Waals surface area contributed by atoms with Crippen molar-refractivity contribution in [3.63, 3.8) is 0 Å². The maximum Gasteiger partial charge on any atom is 0.323 e. The molecule has 1 aromatic heterocycles. The predicted molar refractivity (Wildman–Crippen MR) is 147 cm³/mol. The summed E-state index contributed by atoms with van der Waals surface area (Å²) in [7, 11) is 3.49. The highest BCUT2D eigenvalue weighted by molar-refractivity contribution is 6.09. The van der Waals surface area contributed by atoms with E-state index < -0.39 is 35.2 Å². The van der Waals surface area contributed by atoms with Crippen LogP contribution in [0.1, 0.15) is 44.6 Å². The highest BCUT2D eigenvalue weighted by Gasteiger charge is 2.56. The molecule has 3 aliphatic heterocycles. The number of ether oxygens (including phenoxy) is 1. The minimum absolute atomic E-state index is 0.0290. The number of hydrogen-bond acceptors (Lipinski definition) is 7. The molecule has 3 N–H and O–H groups in total. The summed E-state index contributed by atoms with van der Waals surface area (Å²) in [5.41, 5.74) is -1.64. The van der Waals surface area contributed by atoms with E-state index >= 15 is 4.39 Å². The molecule has 5 atom stereocenters. The SMILES string of the molecule is COC1(C)CCC2CN(CC[C@@]3(C#Cc4cncc(NC(=O)C5CCN(C)CC5)c4)NC(=O)NC3=O)C(=O)C2C1F. The lowest BCUT2D eigenvalue weighted by molar-refractivity contribution is -0.146. The van der Waals surface area contributed by atoms with E-state index in [4.69, 9.17) is 4.74 Å². The number of pyridine rings is 1. The molecule has 4 aliphatic rings. The van der Waals surface area contributed by atoms with Gasteiger partial charge >= 0.3 is 6.03 Å². The fourth-order valence-electron chi connectivity index (χ4n) is 6.33. The van der Waals surface area contributed by atoms with E-state index in [2.05, 4.69) is 37.7 Å². The van der Waals surface area contributed by atoms with E-state index in [-0.39, 0.29) is 36.6 Å². The maximum absolute atomic E-state index is 15.3. The zero-order valence-corrected chi connectivity index (χ0v) is 23.7. The molecule has 5 amide bonds. The molecule has 1 aromatic rings. The van der Waals surface area contributed by atoms with Gasteiger partial charge in [-0.1, -0.05) is 11.8 Å². The number of nitrogens with one attached hydrogen (secondary N) is 3. The summed E-state index contributed by atoms with van der Waals surface area (Å²) in [6, 6.07) is 0.987. The average Bonchev–Trinajstić information content (AvgIpc) is 3.43. The largest absolute Gasteiger partial charge is 0.375 e. The number of rotatable bonds is 6. The number of urea groups is 1. The van der Waals surface area contributed by atoms with Crippen molar-refractivity contribution in [3.05, 3.63) is 24.0 Å². The molecule has 4 unspecified atom stereocenters. The van der Waals surface area contributed by atoms with Crippen LogP contribution in [0.3, 0.4) is 0 Å². The molecule has 0 aromatic carbocycles. The molecule has 5 rings (SSSR count). The first-order valence-corrected chi connectivity index (χ1v) is 14.1. The van der Waals surface area contributed by atoms with Gasteiger partial charge in [0, 0.05) is 44.3 Å². The third kappa shape index (κ3) is 5.78. The molecule has 0 bridgehead atoms. The first-order valence-electron chi connectivity index (χ1n) is 14.1. The summed E-state index contributed by atoms with van der Waals surface area (Å²) >= 11 is 0. The van der Waals surface area contributed by atoms with Crippen molar-refractivity contribution in [1.82, 2.24) is 25.4 Å². The number of carbonyl (C=O) groups excluding carboxylic acids is 4. The minimum Gasteiger partial charge on any atom is -0.375 e. The first kappa shape index (κ1) is 29.0. The lowest BCUT2D eigenvalue weighted by Gasteiger charge is -2.40. The van der Waals surface area contributed by atoms with Crippen LogP contribution in [0.25, 0.3) is 0 Å². The summed E-state index contributed by atoms with van der Waals surface area (Å²) in [6.07, 6.45) is 4.39. The summed E-state index contributed by atoms with van der Waals surface area (Å²) in [5, 5.41) is 7.75. The highest BCUT2D eigenvalue weighted by Crippen LogP contribution is 2.45. The molecule has 11 nitrogen and oxygen atoms in total. The van der Waals surface area contributed by atoms with Gasteiger partial charge in [-0.25, -0.2) is 9.18 Å². The summed E-state index contributed by atoms with van der Waals surface area (Å²) in [6.45, 7) is 3.92. The van der Waals surface area contributed by atoms with Crippen LogP contribution < -0.4 is 16.0 Å². The Morgan fingerprint density at radius 1 is 1.24 bits per heavy atom. The fraction of sp³-hybridized carbons (Fsp3) is 0.621. The van der Waals surface area contributed by atoms with Crippen molar-refractivity contribution in [2.24, 2.45) is 17.8 Å². The van der Waals surface area contributed by atoms with Crippen molar-refractivity contribution in [2.75, 3.05) is 45.7 Å². The van der Waals surface area contributed by atoms with Crippen molar-refractivity contribution < 1.29 is 28.3 Å². The summed E-state index contributed by atoms with van der Waals surface area (Å²) < 4.78 is 20.7. The molecule has 0 spiro atoms. The minimum atomic E-state index is -1.57. The number of fused-ring (bicyclic) bond motifs is 1. The molecule has 4 heterocycles. The maximum atomic E-state index is 15.3. The monoisotopic (exact) mass is 568 g/mol. The molecule has 41 heavy (non-hydrogen) atoms. The molecule has 3 saturated heterocycles. The Bertz CT molecular complexity index is 1290. The van der Waals surface area contributed by atoms with Gasteiger partial charge in [-0.15, -0.1) is 0 Å². The first-order chi connectivity index (χ1) is 19.5. The number of nitrogens with zero attached hydrogens (tertiary/aromatic N) is 3. The average molecular weight is 569 g/mol. The number of halogens is 1. The molecule has 1 aliphatic carbocycles. The Balaban J connectivity index is 1.28. The Hall–Kier alpha value is -3.56. The topological polar surface area (TPSA) is 133 Å². The number of alkyl halides is 1. The molecule has 4 fully saturated rings. The Morgan fingerprint density at radius 2 is 2.00 bits per heavy atom. The number of amides is 5. The molecular formula is C29H37FN6O5. The van der Waals surface area contributed by atoms with Crippen LogP contribution in [0.15, 0.2) is 18.5 Å². The van der Waals surface area contributed by atoms with Gasteiger partial charge < -0.3 is 25.2 Å². The number of anilines is 1. The van der Waals surface area contributed by atoms with Gasteiger partial charge in [0.15, 0.2) is 5.54 Å². The van der Waals surface area contributed by atoms with E-state index in [0.29, 0.717) is 30.6 Å². The zero-order valence-electron chi connectivity index (χ0n) is 23.7. The van der Waals surface area contributed by atoms with Crippen LogP contribution >= 0.6 is 0 Å². The second kappa shape index (κ2) is 11.4. The van der Waals surface area contributed by atoms with E-state index in [9.17, 15) is 19.2 Å². The molecular weight excluding hydrogens is 531 g/mol. The third-order valence-electron chi connectivity index (χ3n) is 9.15. The second-order valence-electron chi connectivity index (χ2n) is 11.9. The third-order valence-corrected chi connectivity index (χ3v) is 9.15. The number of methoxy groups -OCH3 is 1. The number of aromatic nitrogens is 1. The standard InChI is InChI=1S/C29H37FN6O5/c1-28(41-3)8-5-20-17-36(25(38)22(20)23(28)30)13-10-29(26(39)33-27(40)34-29)9-4-18-14-21(16-31-15-18)32-24(37)19-6-11-35(2)12-7-19/h14-16,19-20,22-23H,5-8,10-13,17H2,1-3H3,(H,32,37)(H2,33,34,39,40)/t20?,22?,23?,28?,29-/m1/s1. The smallest absolute Gasteiger partial charge is 0.323 e. The highest BCUT2D eigenvalue weighted by atomic mass is 19.1. The van der Waals surface area contributed by atoms with Crippen LogP contribution in [-0.4, -0.2) is 96.2 Å². The number of carbonyl (C=O) groups is 4. The fourth-order valence-corrected chi connectivity index (χ4v) is 6.33. The van der Waals surface area contributed by atoms with Gasteiger partial charge in [0.1, 0.15) is 6.17 Å². The van der Waals surface area contributed by atoms with Gasteiger partial charge in [-0.3, -0.25) is 24.7 Å². The predicted octanol–water partition coefficient (Wildman–Crippen LogP) is 1.29.